The van der Waals surface area contributed by atoms with E-state index >= 15 is 0 Å². The van der Waals surface area contributed by atoms with Gasteiger partial charge in [0.2, 0.25) is 0 Å². The first-order valence-electron chi connectivity index (χ1n) is 22.9. The fourth-order valence-corrected chi connectivity index (χ4v) is 9.89. The van der Waals surface area contributed by atoms with E-state index < -0.39 is 0 Å². The van der Waals surface area contributed by atoms with E-state index in [1.54, 1.807) is 0 Å². The normalized spacial score (nSPS) is 11.5. The van der Waals surface area contributed by atoms with Crippen LogP contribution in [0.4, 0.5) is 34.6 Å². The van der Waals surface area contributed by atoms with Crippen molar-refractivity contribution in [1.29, 1.82) is 0 Å². The molecule has 0 spiro atoms. The molecule has 0 aliphatic rings. The summed E-state index contributed by atoms with van der Waals surface area (Å²) in [6.07, 6.45) is 3.69. The quantitative estimate of drug-likeness (QED) is 0.142. The van der Waals surface area contributed by atoms with Crippen LogP contribution in [-0.2, 0) is 0 Å². The molecule has 13 rings (SSSR count). The second-order valence-electron chi connectivity index (χ2n) is 17.1. The summed E-state index contributed by atoms with van der Waals surface area (Å²) in [6.45, 7) is 0. The van der Waals surface area contributed by atoms with Crippen LogP contribution in [0.1, 0.15) is 0 Å². The molecule has 0 radical (unpaired) electrons. The lowest BCUT2D eigenvalue weighted by Crippen LogP contribution is -2.13. The maximum Gasteiger partial charge on any atom is 0.139 e. The molecule has 0 N–H and O–H groups in total. The molecule has 0 bridgehead atoms. The van der Waals surface area contributed by atoms with Gasteiger partial charge in [0.1, 0.15) is 23.3 Å². The number of fused-ring (bicyclic) bond motifs is 6. The van der Waals surface area contributed by atoms with Crippen molar-refractivity contribution in [2.24, 2.45) is 0 Å². The highest BCUT2D eigenvalue weighted by Gasteiger charge is 2.24. The summed E-state index contributed by atoms with van der Waals surface area (Å²) in [7, 11) is 0. The summed E-state index contributed by atoms with van der Waals surface area (Å²) >= 11 is 0. The van der Waals surface area contributed by atoms with Gasteiger partial charge >= 0.3 is 0 Å². The lowest BCUT2D eigenvalue weighted by molar-refractivity contribution is 1.14. The predicted octanol–water partition coefficient (Wildman–Crippen LogP) is 16.5. The van der Waals surface area contributed by atoms with Gasteiger partial charge in [0.25, 0.3) is 0 Å². The minimum atomic E-state index is 0.777. The van der Waals surface area contributed by atoms with Crippen LogP contribution >= 0.6 is 0 Å². The Morgan fingerprint density at radius 1 is 0.265 bits per heavy atom. The summed E-state index contributed by atoms with van der Waals surface area (Å²) in [5.74, 6) is 3.12. The maximum atomic E-state index is 5.23. The number of benzene rings is 9. The van der Waals surface area contributed by atoms with Crippen LogP contribution in [0.3, 0.4) is 0 Å². The second kappa shape index (κ2) is 16.3. The molecule has 0 unspecified atom stereocenters. The van der Waals surface area contributed by atoms with Crippen molar-refractivity contribution in [2.75, 3.05) is 9.80 Å². The Kier molecular flexibility index (Phi) is 9.39. The van der Waals surface area contributed by atoms with Crippen molar-refractivity contribution in [2.45, 2.75) is 0 Å². The van der Waals surface area contributed by atoms with Crippen LogP contribution in [0.25, 0.3) is 87.1 Å². The molecular weight excluding hydrogens is 829 g/mol. The van der Waals surface area contributed by atoms with Gasteiger partial charge < -0.3 is 0 Å². The lowest BCUT2D eigenvalue weighted by Gasteiger charge is -2.26. The Morgan fingerprint density at radius 2 is 0.662 bits per heavy atom. The van der Waals surface area contributed by atoms with Crippen molar-refractivity contribution in [3.05, 3.63) is 243 Å². The molecule has 13 aromatic rings. The van der Waals surface area contributed by atoms with Gasteiger partial charge in [-0.1, -0.05) is 133 Å². The highest BCUT2D eigenvalue weighted by atomic mass is 15.2. The van der Waals surface area contributed by atoms with E-state index in [1.807, 2.05) is 60.9 Å². The smallest absolute Gasteiger partial charge is 0.139 e. The molecule has 0 aliphatic carbocycles. The first-order valence-corrected chi connectivity index (χ1v) is 22.9. The number of pyridine rings is 4. The molecule has 318 valence electrons. The molecule has 4 heterocycles. The Balaban J connectivity index is 1.13. The molecule has 0 fully saturated rings. The maximum absolute atomic E-state index is 5.23. The van der Waals surface area contributed by atoms with Crippen LogP contribution in [-0.4, -0.2) is 19.9 Å². The number of aromatic nitrogens is 4. The zero-order valence-corrected chi connectivity index (χ0v) is 36.8. The molecule has 0 saturated heterocycles. The van der Waals surface area contributed by atoms with E-state index in [-0.39, 0.29) is 0 Å². The van der Waals surface area contributed by atoms with Crippen molar-refractivity contribution in [3.8, 4) is 22.3 Å². The standard InChI is InChI=1S/C62H40N6/c1-3-17-45-37-47(25-23-41(45)13-1)61-51-31-29-50(68(58-22-10-12-36-64-58)60-34-28-44-16-6-8-20-56(44)66-60)40-54(51)62(48-26-24-42-14-2-4-18-46(42)38-48)52-32-30-49(39-53(52)61)67(57-21-9-11-35-63-57)59-33-27-43-15-5-7-19-55(43)65-59/h1-40H. The molecule has 6 heteroatoms. The van der Waals surface area contributed by atoms with Crippen LogP contribution < -0.4 is 9.80 Å². The zero-order chi connectivity index (χ0) is 45.0. The average molecular weight is 869 g/mol. The number of para-hydroxylation sites is 2. The van der Waals surface area contributed by atoms with Gasteiger partial charge in [0.05, 0.1) is 11.0 Å². The Labute approximate surface area is 392 Å². The summed E-state index contributed by atoms with van der Waals surface area (Å²) in [5.41, 5.74) is 8.26. The zero-order valence-electron chi connectivity index (χ0n) is 36.8. The largest absolute Gasteiger partial charge is 0.279 e. The molecule has 68 heavy (non-hydrogen) atoms. The van der Waals surface area contributed by atoms with Crippen molar-refractivity contribution in [1.82, 2.24) is 19.9 Å². The molecule has 0 amide bonds. The van der Waals surface area contributed by atoms with Gasteiger partial charge in [0.15, 0.2) is 0 Å². The SMILES string of the molecule is c1ccc(N(c2ccc3c(-c4ccc5ccccc5c4)c4cc(N(c5ccccn5)c5ccc6ccccc6n5)ccc4c(-c4ccc5ccccc5c4)c3c2)c2ccc3ccccc3n2)nc1. The number of hydrogen-bond donors (Lipinski definition) is 0. The van der Waals surface area contributed by atoms with E-state index in [9.17, 15) is 0 Å². The Morgan fingerprint density at radius 3 is 1.10 bits per heavy atom. The van der Waals surface area contributed by atoms with E-state index in [2.05, 4.69) is 192 Å². The molecule has 6 nitrogen and oxygen atoms in total. The molecule has 0 atom stereocenters. The third kappa shape index (κ3) is 6.82. The first kappa shape index (κ1) is 39.1. The Hall–Kier alpha value is -9.26. The predicted molar refractivity (Wildman–Crippen MR) is 283 cm³/mol. The average Bonchev–Trinajstić information content (AvgIpc) is 3.40. The Bertz CT molecular complexity index is 3790. The number of rotatable bonds is 8. The third-order valence-corrected chi connectivity index (χ3v) is 13.1. The van der Waals surface area contributed by atoms with Gasteiger partial charge in [-0.05, 0) is 162 Å². The minimum absolute atomic E-state index is 0.777. The van der Waals surface area contributed by atoms with Gasteiger partial charge in [-0.2, -0.15) is 0 Å². The van der Waals surface area contributed by atoms with Crippen LogP contribution in [0.5, 0.6) is 0 Å². The van der Waals surface area contributed by atoms with Gasteiger partial charge in [-0.25, -0.2) is 19.9 Å². The fourth-order valence-electron chi connectivity index (χ4n) is 9.89. The van der Waals surface area contributed by atoms with Gasteiger partial charge in [-0.3, -0.25) is 9.80 Å². The number of anilines is 6. The number of nitrogens with zero attached hydrogens (tertiary/aromatic N) is 6. The van der Waals surface area contributed by atoms with E-state index in [1.165, 1.54) is 21.5 Å². The molecule has 9 aromatic carbocycles. The molecule has 0 aliphatic heterocycles. The molecule has 4 aromatic heterocycles. The van der Waals surface area contributed by atoms with Crippen molar-refractivity contribution >= 4 is 99.5 Å². The topological polar surface area (TPSA) is 58.0 Å². The van der Waals surface area contributed by atoms with E-state index in [4.69, 9.17) is 19.9 Å². The summed E-state index contributed by atoms with van der Waals surface area (Å²) in [4.78, 5) is 24.6. The second-order valence-corrected chi connectivity index (χ2v) is 17.1. The summed E-state index contributed by atoms with van der Waals surface area (Å²) < 4.78 is 0. The summed E-state index contributed by atoms with van der Waals surface area (Å²) in [5, 5.41) is 11.4. The number of hydrogen-bond acceptors (Lipinski definition) is 6. The third-order valence-electron chi connectivity index (χ3n) is 13.1. The van der Waals surface area contributed by atoms with Crippen LogP contribution in [0.15, 0.2) is 243 Å². The monoisotopic (exact) mass is 868 g/mol. The molecule has 0 saturated carbocycles. The van der Waals surface area contributed by atoms with Gasteiger partial charge in [-0.15, -0.1) is 0 Å². The van der Waals surface area contributed by atoms with E-state index in [0.717, 1.165) is 100 Å². The van der Waals surface area contributed by atoms with Gasteiger partial charge in [0, 0.05) is 34.5 Å². The minimum Gasteiger partial charge on any atom is -0.279 e. The van der Waals surface area contributed by atoms with Crippen molar-refractivity contribution < 1.29 is 0 Å². The van der Waals surface area contributed by atoms with Crippen LogP contribution in [0.2, 0.25) is 0 Å². The van der Waals surface area contributed by atoms with E-state index in [0.29, 0.717) is 0 Å². The molecular formula is C62H40N6. The lowest BCUT2D eigenvalue weighted by atomic mass is 9.84. The first-order chi connectivity index (χ1) is 33.7. The highest BCUT2D eigenvalue weighted by molar-refractivity contribution is 6.23. The fraction of sp³-hybridized carbons (Fsp3) is 0. The summed E-state index contributed by atoms with van der Waals surface area (Å²) in [6, 6.07) is 81.6. The highest BCUT2D eigenvalue weighted by Crippen LogP contribution is 2.48. The van der Waals surface area contributed by atoms with Crippen molar-refractivity contribution in [3.63, 3.8) is 0 Å². The van der Waals surface area contributed by atoms with Crippen LogP contribution in [0, 0.1) is 0 Å².